The van der Waals surface area contributed by atoms with Gasteiger partial charge in [-0.2, -0.15) is 0 Å². The molecule has 0 bridgehead atoms. The summed E-state index contributed by atoms with van der Waals surface area (Å²) in [5.74, 6) is 1.40. The van der Waals surface area contributed by atoms with E-state index in [-0.39, 0.29) is 11.2 Å². The van der Waals surface area contributed by atoms with E-state index in [9.17, 15) is 4.79 Å². The first kappa shape index (κ1) is 21.4. The normalized spacial score (nSPS) is 12.0. The summed E-state index contributed by atoms with van der Waals surface area (Å²) in [6, 6.07) is 19.5. The molecule has 158 valence electrons. The molecule has 2 aromatic carbocycles. The smallest absolute Gasteiger partial charge is 0.237 e. The Morgan fingerprint density at radius 3 is 2.68 bits per heavy atom. The molecule has 1 atom stereocenters. The minimum atomic E-state index is -0.365. The number of thioether (sulfide) groups is 1. The van der Waals surface area contributed by atoms with Crippen LogP contribution < -0.4 is 5.32 Å². The average Bonchev–Trinajstić information content (AvgIpc) is 3.34. The van der Waals surface area contributed by atoms with Gasteiger partial charge in [-0.25, -0.2) is 0 Å². The first-order valence-corrected chi connectivity index (χ1v) is 11.4. The van der Waals surface area contributed by atoms with Gasteiger partial charge >= 0.3 is 0 Å². The van der Waals surface area contributed by atoms with Gasteiger partial charge in [0.1, 0.15) is 5.76 Å². The molecule has 2 aromatic heterocycles. The first-order chi connectivity index (χ1) is 15.0. The molecule has 0 saturated carbocycles. The molecule has 0 aliphatic carbocycles. The fourth-order valence-electron chi connectivity index (χ4n) is 3.12. The van der Waals surface area contributed by atoms with E-state index in [4.69, 9.17) is 4.42 Å². The summed E-state index contributed by atoms with van der Waals surface area (Å²) in [6.07, 6.45) is 1.65. The fourth-order valence-corrected chi connectivity index (χ4v) is 4.37. The lowest BCUT2D eigenvalue weighted by atomic mass is 10.2. The van der Waals surface area contributed by atoms with E-state index < -0.39 is 0 Å². The van der Waals surface area contributed by atoms with Gasteiger partial charge in [0.25, 0.3) is 0 Å². The largest absolute Gasteiger partial charge is 0.469 e. The van der Waals surface area contributed by atoms with Crippen molar-refractivity contribution in [3.05, 3.63) is 82.7 Å². The van der Waals surface area contributed by atoms with Crippen LogP contribution in [0.1, 0.15) is 18.2 Å². The summed E-state index contributed by atoms with van der Waals surface area (Å²) in [5.41, 5.74) is 2.76. The van der Waals surface area contributed by atoms with Crippen molar-refractivity contribution in [2.45, 2.75) is 30.8 Å². The number of hydrogen-bond donors (Lipinski definition) is 1. The number of nitrogens with one attached hydrogen (secondary N) is 1. The van der Waals surface area contributed by atoms with E-state index in [1.165, 1.54) is 11.8 Å². The molecule has 0 spiro atoms. The number of benzene rings is 2. The number of hydrogen-bond acceptors (Lipinski definition) is 5. The van der Waals surface area contributed by atoms with Gasteiger partial charge in [0.05, 0.1) is 23.6 Å². The van der Waals surface area contributed by atoms with Crippen molar-refractivity contribution in [1.29, 1.82) is 0 Å². The van der Waals surface area contributed by atoms with Crippen molar-refractivity contribution >= 4 is 39.3 Å². The lowest BCUT2D eigenvalue weighted by molar-refractivity contribution is -0.115. The number of carbonyl (C=O) groups is 1. The molecule has 1 unspecified atom stereocenters. The molecule has 0 aliphatic rings. The predicted octanol–water partition coefficient (Wildman–Crippen LogP) is 5.78. The topological polar surface area (TPSA) is 72.9 Å². The molecule has 1 N–H and O–H groups in total. The van der Waals surface area contributed by atoms with E-state index in [0.717, 1.165) is 32.9 Å². The molecule has 8 heteroatoms. The van der Waals surface area contributed by atoms with Crippen LogP contribution in [0.2, 0.25) is 0 Å². The highest BCUT2D eigenvalue weighted by atomic mass is 79.9. The molecule has 6 nitrogen and oxygen atoms in total. The van der Waals surface area contributed by atoms with Crippen LogP contribution in [0.25, 0.3) is 11.4 Å². The summed E-state index contributed by atoms with van der Waals surface area (Å²) >= 11 is 4.81. The Kier molecular flexibility index (Phi) is 6.58. The SMILES string of the molecule is Cc1occc1-c1nnc(SC(C)C(=O)Nc2cccc(Br)c2)n1Cc1ccccc1. The van der Waals surface area contributed by atoms with Crippen LogP contribution in [-0.2, 0) is 11.3 Å². The highest BCUT2D eigenvalue weighted by molar-refractivity contribution is 9.10. The standard InChI is InChI=1S/C23H21BrN4O2S/c1-15-20(11-12-30-15)21-26-27-23(28(21)14-17-7-4-3-5-8-17)31-16(2)22(29)25-19-10-6-9-18(24)13-19/h3-13,16H,14H2,1-2H3,(H,25,29). The highest BCUT2D eigenvalue weighted by Gasteiger charge is 2.22. The molecule has 4 aromatic rings. The lowest BCUT2D eigenvalue weighted by Crippen LogP contribution is -2.23. The van der Waals surface area contributed by atoms with Crippen LogP contribution in [0.3, 0.4) is 0 Å². The van der Waals surface area contributed by atoms with Gasteiger partial charge in [0, 0.05) is 10.2 Å². The number of amides is 1. The number of carbonyl (C=O) groups excluding carboxylic acids is 1. The molecule has 31 heavy (non-hydrogen) atoms. The van der Waals surface area contributed by atoms with Crippen molar-refractivity contribution < 1.29 is 9.21 Å². The molecule has 0 saturated heterocycles. The number of rotatable bonds is 7. The number of nitrogens with zero attached hydrogens (tertiary/aromatic N) is 3. The first-order valence-electron chi connectivity index (χ1n) is 9.76. The quantitative estimate of drug-likeness (QED) is 0.328. The van der Waals surface area contributed by atoms with Gasteiger partial charge in [-0.3, -0.25) is 9.36 Å². The van der Waals surface area contributed by atoms with Gasteiger partial charge in [0.15, 0.2) is 11.0 Å². The van der Waals surface area contributed by atoms with Crippen molar-refractivity contribution in [2.24, 2.45) is 0 Å². The Labute approximate surface area is 193 Å². The zero-order valence-electron chi connectivity index (χ0n) is 17.1. The highest BCUT2D eigenvalue weighted by Crippen LogP contribution is 2.30. The molecular formula is C23H21BrN4O2S. The third-order valence-electron chi connectivity index (χ3n) is 4.74. The zero-order valence-corrected chi connectivity index (χ0v) is 19.5. The molecule has 0 aliphatic heterocycles. The van der Waals surface area contributed by atoms with Gasteiger partial charge in [-0.1, -0.05) is 64.1 Å². The maximum Gasteiger partial charge on any atom is 0.237 e. The molecule has 0 fully saturated rings. The number of halogens is 1. The minimum Gasteiger partial charge on any atom is -0.469 e. The molecule has 2 heterocycles. The van der Waals surface area contributed by atoms with Crippen LogP contribution in [0.4, 0.5) is 5.69 Å². The summed E-state index contributed by atoms with van der Waals surface area (Å²) in [7, 11) is 0. The summed E-state index contributed by atoms with van der Waals surface area (Å²) in [6.45, 7) is 4.36. The van der Waals surface area contributed by atoms with Gasteiger partial charge in [-0.05, 0) is 43.7 Å². The van der Waals surface area contributed by atoms with E-state index in [1.54, 1.807) is 6.26 Å². The predicted molar refractivity (Wildman–Crippen MR) is 126 cm³/mol. The molecular weight excluding hydrogens is 476 g/mol. The second-order valence-corrected chi connectivity index (χ2v) is 9.25. The minimum absolute atomic E-state index is 0.0987. The van der Waals surface area contributed by atoms with Gasteiger partial charge < -0.3 is 9.73 Å². The lowest BCUT2D eigenvalue weighted by Gasteiger charge is -2.14. The molecule has 4 rings (SSSR count). The second-order valence-electron chi connectivity index (χ2n) is 7.03. The molecule has 0 radical (unpaired) electrons. The summed E-state index contributed by atoms with van der Waals surface area (Å²) in [5, 5.41) is 12.1. The Balaban J connectivity index is 1.59. The zero-order chi connectivity index (χ0) is 21.8. The van der Waals surface area contributed by atoms with Crippen LogP contribution in [0.5, 0.6) is 0 Å². The number of aryl methyl sites for hydroxylation is 1. The van der Waals surface area contributed by atoms with Crippen LogP contribution >= 0.6 is 27.7 Å². The van der Waals surface area contributed by atoms with E-state index in [2.05, 4.69) is 43.6 Å². The van der Waals surface area contributed by atoms with Crippen molar-refractivity contribution in [2.75, 3.05) is 5.32 Å². The Bertz CT molecular complexity index is 1190. The summed E-state index contributed by atoms with van der Waals surface area (Å²) in [4.78, 5) is 12.8. The molecule has 1 amide bonds. The number of anilines is 1. The Morgan fingerprint density at radius 1 is 1.16 bits per heavy atom. The maximum atomic E-state index is 12.8. The third kappa shape index (κ3) is 5.08. The van der Waals surface area contributed by atoms with Gasteiger partial charge in [0.2, 0.25) is 5.91 Å². The van der Waals surface area contributed by atoms with E-state index in [1.807, 2.05) is 66.9 Å². The second kappa shape index (κ2) is 9.53. The number of aromatic nitrogens is 3. The van der Waals surface area contributed by atoms with Crippen LogP contribution in [0.15, 0.2) is 81.0 Å². The van der Waals surface area contributed by atoms with Crippen LogP contribution in [0, 0.1) is 6.92 Å². The van der Waals surface area contributed by atoms with Crippen molar-refractivity contribution in [1.82, 2.24) is 14.8 Å². The fraction of sp³-hybridized carbons (Fsp3) is 0.174. The average molecular weight is 497 g/mol. The van der Waals surface area contributed by atoms with E-state index >= 15 is 0 Å². The Hall–Kier alpha value is -2.84. The van der Waals surface area contributed by atoms with Crippen molar-refractivity contribution in [3.63, 3.8) is 0 Å². The van der Waals surface area contributed by atoms with Crippen molar-refractivity contribution in [3.8, 4) is 11.4 Å². The van der Waals surface area contributed by atoms with Crippen LogP contribution in [-0.4, -0.2) is 25.9 Å². The Morgan fingerprint density at radius 2 is 1.97 bits per heavy atom. The summed E-state index contributed by atoms with van der Waals surface area (Å²) < 4.78 is 8.41. The third-order valence-corrected chi connectivity index (χ3v) is 6.32. The van der Waals surface area contributed by atoms with Gasteiger partial charge in [-0.15, -0.1) is 10.2 Å². The maximum absolute atomic E-state index is 12.8. The van der Waals surface area contributed by atoms with E-state index in [0.29, 0.717) is 11.7 Å². The number of furan rings is 1. The monoisotopic (exact) mass is 496 g/mol.